The predicted octanol–water partition coefficient (Wildman–Crippen LogP) is 0.796. The first-order chi connectivity index (χ1) is 17.4. The molecule has 3 atom stereocenters. The standard InChI is InChI=1S/C25H28N6O5/c32-14-25-8-1-3-20(25)29(10-2-9-25)24(36)18-13-31(28-27-18)16-4-5-17-15(11-16)12-30(23(17)35)19-6-7-21(33)26-22(19)34/h4-5,11,13,19-20,32H,1-3,6-10,12,14H2,(H,26,33,34)/t19?,20-,25-/m1/s1. The smallest absolute Gasteiger partial charge is 0.276 e. The van der Waals surface area contributed by atoms with Crippen molar-refractivity contribution in [1.29, 1.82) is 0 Å². The molecule has 3 aliphatic heterocycles. The Labute approximate surface area is 207 Å². The number of carbonyl (C=O) groups excluding carboxylic acids is 4. The van der Waals surface area contributed by atoms with Crippen molar-refractivity contribution in [3.63, 3.8) is 0 Å². The molecule has 1 unspecified atom stereocenters. The Morgan fingerprint density at radius 1 is 1.17 bits per heavy atom. The van der Waals surface area contributed by atoms with Crippen molar-refractivity contribution >= 4 is 23.6 Å². The summed E-state index contributed by atoms with van der Waals surface area (Å²) in [5, 5.41) is 20.7. The van der Waals surface area contributed by atoms with Crippen molar-refractivity contribution in [2.24, 2.45) is 5.41 Å². The van der Waals surface area contributed by atoms with Crippen LogP contribution in [0, 0.1) is 5.41 Å². The summed E-state index contributed by atoms with van der Waals surface area (Å²) in [6.07, 6.45) is 6.75. The second-order valence-electron chi connectivity index (χ2n) is 10.3. The molecule has 0 radical (unpaired) electrons. The maximum absolute atomic E-state index is 13.4. The van der Waals surface area contributed by atoms with E-state index < -0.39 is 11.9 Å². The number of likely N-dealkylation sites (tertiary alicyclic amines) is 1. The number of fused-ring (bicyclic) bond motifs is 2. The van der Waals surface area contributed by atoms with Gasteiger partial charge in [-0.3, -0.25) is 24.5 Å². The van der Waals surface area contributed by atoms with E-state index in [0.717, 1.165) is 37.7 Å². The number of aromatic nitrogens is 3. The van der Waals surface area contributed by atoms with Crippen LogP contribution in [0.2, 0.25) is 0 Å². The third kappa shape index (κ3) is 3.52. The van der Waals surface area contributed by atoms with Crippen LogP contribution in [0.25, 0.3) is 5.69 Å². The fourth-order valence-electron chi connectivity index (χ4n) is 6.50. The van der Waals surface area contributed by atoms with Crippen molar-refractivity contribution < 1.29 is 24.3 Å². The number of carbonyl (C=O) groups is 4. The van der Waals surface area contributed by atoms with Gasteiger partial charge in [-0.15, -0.1) is 5.10 Å². The zero-order valence-electron chi connectivity index (χ0n) is 19.9. The molecular weight excluding hydrogens is 464 g/mol. The molecule has 0 bridgehead atoms. The molecule has 11 nitrogen and oxygen atoms in total. The van der Waals surface area contributed by atoms with Crippen LogP contribution >= 0.6 is 0 Å². The molecule has 4 amide bonds. The summed E-state index contributed by atoms with van der Waals surface area (Å²) < 4.78 is 1.52. The van der Waals surface area contributed by atoms with Crippen LogP contribution in [0.1, 0.15) is 71.4 Å². The number of hydrogen-bond donors (Lipinski definition) is 2. The highest BCUT2D eigenvalue weighted by molar-refractivity contribution is 6.05. The number of nitrogens with one attached hydrogen (secondary N) is 1. The molecule has 1 saturated carbocycles. The summed E-state index contributed by atoms with van der Waals surface area (Å²) in [6.45, 7) is 1.00. The predicted molar refractivity (Wildman–Crippen MR) is 125 cm³/mol. The maximum atomic E-state index is 13.4. The van der Waals surface area contributed by atoms with Crippen molar-refractivity contribution in [3.05, 3.63) is 41.2 Å². The summed E-state index contributed by atoms with van der Waals surface area (Å²) in [5.41, 5.74) is 1.96. The third-order valence-corrected chi connectivity index (χ3v) is 8.37. The lowest BCUT2D eigenvalue weighted by Crippen LogP contribution is -2.53. The molecule has 1 aromatic carbocycles. The third-order valence-electron chi connectivity index (χ3n) is 8.37. The minimum atomic E-state index is -0.673. The van der Waals surface area contributed by atoms with Gasteiger partial charge in [0.25, 0.3) is 11.8 Å². The first kappa shape index (κ1) is 22.8. The summed E-state index contributed by atoms with van der Waals surface area (Å²) in [5.74, 6) is -1.18. The molecule has 3 fully saturated rings. The lowest BCUT2D eigenvalue weighted by atomic mass is 9.75. The normalized spacial score (nSPS) is 27.8. The monoisotopic (exact) mass is 492 g/mol. The fraction of sp³-hybridized carbons (Fsp3) is 0.520. The van der Waals surface area contributed by atoms with Gasteiger partial charge in [-0.25, -0.2) is 4.68 Å². The molecule has 1 aromatic heterocycles. The summed E-state index contributed by atoms with van der Waals surface area (Å²) in [7, 11) is 0. The van der Waals surface area contributed by atoms with Gasteiger partial charge in [0.05, 0.1) is 18.5 Å². The van der Waals surface area contributed by atoms with E-state index in [1.54, 1.807) is 18.3 Å². The Morgan fingerprint density at radius 3 is 2.81 bits per heavy atom. The van der Waals surface area contributed by atoms with E-state index in [-0.39, 0.29) is 54.4 Å². The second kappa shape index (κ2) is 8.51. The van der Waals surface area contributed by atoms with Gasteiger partial charge in [0.2, 0.25) is 11.8 Å². The van der Waals surface area contributed by atoms with Gasteiger partial charge in [-0.2, -0.15) is 0 Å². The van der Waals surface area contributed by atoms with Gasteiger partial charge < -0.3 is 14.9 Å². The zero-order chi connectivity index (χ0) is 25.0. The van der Waals surface area contributed by atoms with Crippen LogP contribution < -0.4 is 5.32 Å². The van der Waals surface area contributed by atoms with Crippen LogP contribution in [0.3, 0.4) is 0 Å². The number of aliphatic hydroxyl groups is 1. The summed E-state index contributed by atoms with van der Waals surface area (Å²) in [6, 6.07) is 4.60. The number of nitrogens with zero attached hydrogens (tertiary/aromatic N) is 5. The van der Waals surface area contributed by atoms with Crippen molar-refractivity contribution in [2.45, 2.75) is 63.6 Å². The van der Waals surface area contributed by atoms with Crippen LogP contribution in [-0.4, -0.2) is 78.8 Å². The fourth-order valence-corrected chi connectivity index (χ4v) is 6.50. The van der Waals surface area contributed by atoms with Gasteiger partial charge in [0.15, 0.2) is 5.69 Å². The Hall–Kier alpha value is -3.60. The number of rotatable bonds is 4. The average Bonchev–Trinajstić information content (AvgIpc) is 3.61. The molecule has 188 valence electrons. The highest BCUT2D eigenvalue weighted by atomic mass is 16.3. The van der Waals surface area contributed by atoms with E-state index in [2.05, 4.69) is 15.6 Å². The van der Waals surface area contributed by atoms with E-state index in [1.165, 1.54) is 9.58 Å². The number of aliphatic hydroxyl groups excluding tert-OH is 1. The molecule has 2 saturated heterocycles. The molecule has 11 heteroatoms. The van der Waals surface area contributed by atoms with Gasteiger partial charge >= 0.3 is 0 Å². The van der Waals surface area contributed by atoms with Crippen LogP contribution in [-0.2, 0) is 16.1 Å². The summed E-state index contributed by atoms with van der Waals surface area (Å²) in [4.78, 5) is 53.4. The highest BCUT2D eigenvalue weighted by Gasteiger charge is 2.49. The molecule has 36 heavy (non-hydrogen) atoms. The largest absolute Gasteiger partial charge is 0.396 e. The molecule has 4 aliphatic rings. The summed E-state index contributed by atoms with van der Waals surface area (Å²) >= 11 is 0. The second-order valence-corrected chi connectivity index (χ2v) is 10.3. The molecule has 6 rings (SSSR count). The van der Waals surface area contributed by atoms with Crippen LogP contribution in [0.4, 0.5) is 0 Å². The Morgan fingerprint density at radius 2 is 2.00 bits per heavy atom. The molecular formula is C25H28N6O5. The first-order valence-electron chi connectivity index (χ1n) is 12.5. The molecule has 4 heterocycles. The molecule has 0 spiro atoms. The number of imide groups is 1. The van der Waals surface area contributed by atoms with Gasteiger partial charge in [-0.05, 0) is 55.9 Å². The molecule has 2 aromatic rings. The Bertz CT molecular complexity index is 1270. The van der Waals surface area contributed by atoms with Gasteiger partial charge in [-0.1, -0.05) is 11.6 Å². The Kier molecular flexibility index (Phi) is 5.40. The zero-order valence-corrected chi connectivity index (χ0v) is 19.9. The SMILES string of the molecule is O=C1CCC(N2Cc3cc(-n4cc(C(=O)N5CCC[C@@]6(CO)CCC[C@@H]56)nn4)ccc3C2=O)C(=O)N1. The van der Waals surface area contributed by atoms with E-state index in [0.29, 0.717) is 24.2 Å². The van der Waals surface area contributed by atoms with Gasteiger partial charge in [0.1, 0.15) is 6.04 Å². The number of hydrogen-bond acceptors (Lipinski definition) is 7. The lowest BCUT2D eigenvalue weighted by molar-refractivity contribution is -0.136. The van der Waals surface area contributed by atoms with E-state index >= 15 is 0 Å². The highest BCUT2D eigenvalue weighted by Crippen LogP contribution is 2.47. The van der Waals surface area contributed by atoms with Crippen molar-refractivity contribution in [1.82, 2.24) is 30.1 Å². The Balaban J connectivity index is 1.21. The average molecular weight is 493 g/mol. The molecule has 1 aliphatic carbocycles. The van der Waals surface area contributed by atoms with E-state index in [4.69, 9.17) is 0 Å². The first-order valence-corrected chi connectivity index (χ1v) is 12.5. The van der Waals surface area contributed by atoms with Crippen LogP contribution in [0.15, 0.2) is 24.4 Å². The molecule has 2 N–H and O–H groups in total. The van der Waals surface area contributed by atoms with Crippen LogP contribution in [0.5, 0.6) is 0 Å². The minimum absolute atomic E-state index is 0.0261. The number of piperidine rings is 2. The maximum Gasteiger partial charge on any atom is 0.276 e. The lowest BCUT2D eigenvalue weighted by Gasteiger charge is -2.45. The van der Waals surface area contributed by atoms with E-state index in [1.807, 2.05) is 11.0 Å². The van der Waals surface area contributed by atoms with E-state index in [9.17, 15) is 24.3 Å². The van der Waals surface area contributed by atoms with Crippen molar-refractivity contribution in [2.75, 3.05) is 13.2 Å². The quantitative estimate of drug-likeness (QED) is 0.602. The number of amides is 4. The number of benzene rings is 1. The minimum Gasteiger partial charge on any atom is -0.396 e. The topological polar surface area (TPSA) is 138 Å². The van der Waals surface area contributed by atoms with Crippen molar-refractivity contribution in [3.8, 4) is 5.69 Å². The van der Waals surface area contributed by atoms with Gasteiger partial charge in [0, 0.05) is 36.5 Å².